The number of imidazole rings is 1. The highest BCUT2D eigenvalue weighted by atomic mass is 16.5. The number of imide groups is 1. The summed E-state index contributed by atoms with van der Waals surface area (Å²) in [6, 6.07) is 7.06. The van der Waals surface area contributed by atoms with E-state index in [0.717, 1.165) is 25.1 Å². The van der Waals surface area contributed by atoms with Crippen LogP contribution in [-0.2, 0) is 26.8 Å². The van der Waals surface area contributed by atoms with Crippen LogP contribution in [0.25, 0.3) is 0 Å². The maximum Gasteiger partial charge on any atom is 0.240 e. The maximum absolute atomic E-state index is 13.9. The molecule has 188 valence electrons. The molecule has 0 radical (unpaired) electrons. The molecule has 0 bridgehead atoms. The number of aryl methyl sites for hydroxylation is 1. The molecule has 2 saturated heterocycles. The van der Waals surface area contributed by atoms with Gasteiger partial charge in [-0.05, 0) is 51.1 Å². The number of carbonyl (C=O) groups is 3. The van der Waals surface area contributed by atoms with Gasteiger partial charge in [0, 0.05) is 51.9 Å². The number of ether oxygens (including phenoxy) is 1. The van der Waals surface area contributed by atoms with Gasteiger partial charge in [-0.25, -0.2) is 4.98 Å². The fourth-order valence-corrected chi connectivity index (χ4v) is 5.27. The fraction of sp³-hybridized carbons (Fsp3) is 0.538. The summed E-state index contributed by atoms with van der Waals surface area (Å²) in [5.74, 6) is 0.750. The van der Waals surface area contributed by atoms with Crippen LogP contribution < -0.4 is 4.74 Å². The zero-order chi connectivity index (χ0) is 25.2. The Morgan fingerprint density at radius 2 is 2.06 bits per heavy atom. The zero-order valence-electron chi connectivity index (χ0n) is 21.1. The molecule has 2 atom stereocenters. The van der Waals surface area contributed by atoms with Crippen LogP contribution in [0.3, 0.4) is 0 Å². The number of likely N-dealkylation sites (tertiary alicyclic amines) is 2. The Labute approximate surface area is 206 Å². The fourth-order valence-electron chi connectivity index (χ4n) is 5.27. The van der Waals surface area contributed by atoms with Gasteiger partial charge in [0.1, 0.15) is 11.6 Å². The molecular formula is C26H35N5O4. The molecule has 2 aromatic rings. The summed E-state index contributed by atoms with van der Waals surface area (Å²) in [6.07, 6.45) is 6.27. The smallest absolute Gasteiger partial charge is 0.240 e. The van der Waals surface area contributed by atoms with Crippen LogP contribution in [0.15, 0.2) is 36.7 Å². The molecule has 3 amide bonds. The number of amides is 3. The first-order valence-corrected chi connectivity index (χ1v) is 12.2. The molecule has 2 aliphatic rings. The lowest BCUT2D eigenvalue weighted by Crippen LogP contribution is -2.46. The summed E-state index contributed by atoms with van der Waals surface area (Å²) in [5, 5.41) is 0. The van der Waals surface area contributed by atoms with Gasteiger partial charge in [-0.15, -0.1) is 0 Å². The van der Waals surface area contributed by atoms with Crippen molar-refractivity contribution in [2.24, 2.45) is 7.05 Å². The molecule has 9 heteroatoms. The first-order chi connectivity index (χ1) is 16.8. The Hall–Kier alpha value is -3.20. The lowest BCUT2D eigenvalue weighted by Gasteiger charge is -2.37. The van der Waals surface area contributed by atoms with Crippen molar-refractivity contribution in [2.45, 2.75) is 43.6 Å². The van der Waals surface area contributed by atoms with Gasteiger partial charge in [0.05, 0.1) is 18.6 Å². The third-order valence-electron chi connectivity index (χ3n) is 7.23. The summed E-state index contributed by atoms with van der Waals surface area (Å²) >= 11 is 0. The van der Waals surface area contributed by atoms with E-state index in [1.807, 2.05) is 47.8 Å². The van der Waals surface area contributed by atoms with Crippen LogP contribution in [0.2, 0.25) is 0 Å². The number of carbonyl (C=O) groups excluding carboxylic acids is 3. The van der Waals surface area contributed by atoms with E-state index >= 15 is 0 Å². The van der Waals surface area contributed by atoms with Gasteiger partial charge in [0.2, 0.25) is 17.7 Å². The predicted molar refractivity (Wildman–Crippen MR) is 131 cm³/mol. The number of hydrogen-bond acceptors (Lipinski definition) is 6. The van der Waals surface area contributed by atoms with Crippen molar-refractivity contribution in [1.29, 1.82) is 0 Å². The molecule has 0 spiro atoms. The van der Waals surface area contributed by atoms with Crippen LogP contribution in [0, 0.1) is 0 Å². The minimum absolute atomic E-state index is 0.0287. The van der Waals surface area contributed by atoms with E-state index in [9.17, 15) is 14.4 Å². The van der Waals surface area contributed by atoms with Crippen molar-refractivity contribution in [3.63, 3.8) is 0 Å². The second kappa shape index (κ2) is 10.2. The highest BCUT2D eigenvalue weighted by Gasteiger charge is 2.54. The summed E-state index contributed by atoms with van der Waals surface area (Å²) in [5.41, 5.74) is -0.611. The van der Waals surface area contributed by atoms with Gasteiger partial charge < -0.3 is 19.1 Å². The Balaban J connectivity index is 1.69. The Morgan fingerprint density at radius 1 is 1.26 bits per heavy atom. The van der Waals surface area contributed by atoms with Crippen LogP contribution >= 0.6 is 0 Å². The molecule has 35 heavy (non-hydrogen) atoms. The second-order valence-electron chi connectivity index (χ2n) is 9.82. The number of hydrogen-bond donors (Lipinski definition) is 0. The van der Waals surface area contributed by atoms with Crippen LogP contribution in [-0.4, -0.2) is 82.8 Å². The Kier molecular flexibility index (Phi) is 7.25. The standard InChI is InChI=1S/C26H35N5O4/c1-28(2)14-15-31-23(33)18-26(25(31)34,19-8-7-9-20(16-19)35-4)17-22(32)30-12-6-5-10-21(30)24-27-11-13-29(24)3/h7-9,11,13,16,21H,5-6,10,12,14-15,17-18H2,1-4H3/t21-,26-/m1/s1. The molecule has 0 saturated carbocycles. The van der Waals surface area contributed by atoms with E-state index in [2.05, 4.69) is 4.98 Å². The SMILES string of the molecule is COc1cccc([C@@]2(CC(=O)N3CCCC[C@@H]3c3nccn3C)CC(=O)N(CCN(C)C)C2=O)c1. The van der Waals surface area contributed by atoms with Gasteiger partial charge in [0.25, 0.3) is 0 Å². The first-order valence-electron chi connectivity index (χ1n) is 12.2. The topological polar surface area (TPSA) is 88.0 Å². The number of benzene rings is 1. The Morgan fingerprint density at radius 3 is 2.74 bits per heavy atom. The van der Waals surface area contributed by atoms with E-state index in [1.54, 1.807) is 31.5 Å². The van der Waals surface area contributed by atoms with Crippen molar-refractivity contribution < 1.29 is 19.1 Å². The highest BCUT2D eigenvalue weighted by molar-refractivity contribution is 6.10. The monoisotopic (exact) mass is 481 g/mol. The van der Waals surface area contributed by atoms with Crippen molar-refractivity contribution in [3.05, 3.63) is 48.0 Å². The van der Waals surface area contributed by atoms with Crippen molar-refractivity contribution in [2.75, 3.05) is 40.8 Å². The molecule has 9 nitrogen and oxygen atoms in total. The van der Waals surface area contributed by atoms with E-state index < -0.39 is 5.41 Å². The van der Waals surface area contributed by atoms with Crippen LogP contribution in [0.5, 0.6) is 5.75 Å². The van der Waals surface area contributed by atoms with Gasteiger partial charge in [-0.2, -0.15) is 0 Å². The lowest BCUT2D eigenvalue weighted by atomic mass is 9.75. The van der Waals surface area contributed by atoms with Crippen molar-refractivity contribution in [1.82, 2.24) is 24.3 Å². The second-order valence-corrected chi connectivity index (χ2v) is 9.82. The quantitative estimate of drug-likeness (QED) is 0.537. The molecule has 0 N–H and O–H groups in total. The van der Waals surface area contributed by atoms with Gasteiger partial charge >= 0.3 is 0 Å². The van der Waals surface area contributed by atoms with Gasteiger partial charge in [0.15, 0.2) is 0 Å². The largest absolute Gasteiger partial charge is 0.497 e. The van der Waals surface area contributed by atoms with E-state index in [1.165, 1.54) is 4.90 Å². The van der Waals surface area contributed by atoms with Crippen molar-refractivity contribution >= 4 is 17.7 Å². The zero-order valence-corrected chi connectivity index (χ0v) is 21.1. The first kappa shape index (κ1) is 24.9. The average Bonchev–Trinajstić information content (AvgIpc) is 3.38. The number of methoxy groups -OCH3 is 1. The van der Waals surface area contributed by atoms with Crippen LogP contribution in [0.1, 0.15) is 49.5 Å². The number of likely N-dealkylation sites (N-methyl/N-ethyl adjacent to an activating group) is 1. The molecule has 2 aliphatic heterocycles. The van der Waals surface area contributed by atoms with E-state index in [4.69, 9.17) is 4.74 Å². The molecule has 2 fully saturated rings. The minimum Gasteiger partial charge on any atom is -0.497 e. The van der Waals surface area contributed by atoms with Crippen LogP contribution in [0.4, 0.5) is 0 Å². The molecule has 3 heterocycles. The summed E-state index contributed by atoms with van der Waals surface area (Å²) in [4.78, 5) is 50.5. The third kappa shape index (κ3) is 4.82. The highest BCUT2D eigenvalue weighted by Crippen LogP contribution is 2.42. The third-order valence-corrected chi connectivity index (χ3v) is 7.23. The number of piperidine rings is 1. The molecule has 0 aliphatic carbocycles. The summed E-state index contributed by atoms with van der Waals surface area (Å²) < 4.78 is 7.35. The molecule has 1 aromatic heterocycles. The number of nitrogens with zero attached hydrogens (tertiary/aromatic N) is 5. The maximum atomic E-state index is 13.9. The van der Waals surface area contributed by atoms with E-state index in [0.29, 0.717) is 30.9 Å². The summed E-state index contributed by atoms with van der Waals surface area (Å²) in [6.45, 7) is 1.47. The minimum atomic E-state index is -1.25. The number of aromatic nitrogens is 2. The number of rotatable bonds is 8. The average molecular weight is 482 g/mol. The molecule has 0 unspecified atom stereocenters. The normalized spacial score (nSPS) is 22.8. The van der Waals surface area contributed by atoms with Gasteiger partial charge in [-0.1, -0.05) is 12.1 Å². The lowest BCUT2D eigenvalue weighted by molar-refractivity contribution is -0.144. The Bertz CT molecular complexity index is 1100. The molecular weight excluding hydrogens is 446 g/mol. The summed E-state index contributed by atoms with van der Waals surface area (Å²) in [7, 11) is 7.29. The molecule has 4 rings (SSSR count). The molecule has 1 aromatic carbocycles. The predicted octanol–water partition coefficient (Wildman–Crippen LogP) is 2.13. The van der Waals surface area contributed by atoms with Crippen molar-refractivity contribution in [3.8, 4) is 5.75 Å². The van der Waals surface area contributed by atoms with Gasteiger partial charge in [-0.3, -0.25) is 19.3 Å². The van der Waals surface area contributed by atoms with E-state index in [-0.39, 0.29) is 36.6 Å².